The molecule has 0 radical (unpaired) electrons. The minimum absolute atomic E-state index is 0.0767. The number of rotatable bonds is 10. The van der Waals surface area contributed by atoms with Crippen LogP contribution in [0, 0.1) is 0 Å². The van der Waals surface area contributed by atoms with Gasteiger partial charge in [-0.3, -0.25) is 27.9 Å². The maximum Gasteiger partial charge on any atom is 0.509 e. The van der Waals surface area contributed by atoms with E-state index in [9.17, 15) is 29.3 Å². The first-order valence-electron chi connectivity index (χ1n) is 13.9. The fourth-order valence-corrected chi connectivity index (χ4v) is 6.12. The highest BCUT2D eigenvalue weighted by atomic mass is 35.5. The third-order valence-corrected chi connectivity index (χ3v) is 8.04. The summed E-state index contributed by atoms with van der Waals surface area (Å²) in [5.41, 5.74) is 5.85. The Bertz CT molecular complexity index is 1640. The highest BCUT2D eigenvalue weighted by Crippen LogP contribution is 2.58. The summed E-state index contributed by atoms with van der Waals surface area (Å²) in [5.74, 6) is 0. The predicted molar refractivity (Wildman–Crippen MR) is 156 cm³/mol. The zero-order valence-electron chi connectivity index (χ0n) is 25.0. The molecule has 0 amide bonds. The van der Waals surface area contributed by atoms with Gasteiger partial charge in [0.05, 0.1) is 31.5 Å². The number of azide groups is 1. The van der Waals surface area contributed by atoms with E-state index in [0.29, 0.717) is 10.6 Å². The summed E-state index contributed by atoms with van der Waals surface area (Å²) in [6.45, 7) is 5.02. The van der Waals surface area contributed by atoms with Crippen molar-refractivity contribution in [1.82, 2.24) is 9.55 Å². The number of carbonyl (C=O) groups is 2. The van der Waals surface area contributed by atoms with E-state index in [-0.39, 0.29) is 13.0 Å². The Morgan fingerprint density at radius 1 is 1.17 bits per heavy atom. The van der Waals surface area contributed by atoms with Gasteiger partial charge in [-0.25, -0.2) is 18.9 Å². The molecule has 1 aromatic carbocycles. The van der Waals surface area contributed by atoms with E-state index in [2.05, 4.69) is 10.0 Å². The Balaban J connectivity index is 1.75. The van der Waals surface area contributed by atoms with E-state index >= 15 is 0 Å². The molecule has 3 heterocycles. The molecule has 46 heavy (non-hydrogen) atoms. The molecular formula is C26H31ClN5O13P. The van der Waals surface area contributed by atoms with Crippen molar-refractivity contribution < 1.29 is 51.4 Å². The highest BCUT2D eigenvalue weighted by Gasteiger charge is 2.62. The lowest BCUT2D eigenvalue weighted by atomic mass is 10.1. The predicted octanol–water partition coefficient (Wildman–Crippen LogP) is 4.89. The summed E-state index contributed by atoms with van der Waals surface area (Å²) in [5, 5.41) is 4.05. The summed E-state index contributed by atoms with van der Waals surface area (Å²) in [7, 11) is -4.45. The number of phosphoric ester groups is 1. The number of aromatic nitrogens is 2. The van der Waals surface area contributed by atoms with Gasteiger partial charge in [-0.05, 0) is 50.9 Å². The monoisotopic (exact) mass is 687 g/mol. The third kappa shape index (κ3) is 8.47. The number of ether oxygens (including phenoxy) is 5. The second kappa shape index (κ2) is 14.7. The Hall–Kier alpha value is -3.89. The van der Waals surface area contributed by atoms with Crippen LogP contribution in [-0.2, 0) is 41.8 Å². The SMILES string of the molecule is CC(C)OC(=O)O[C@H]1[C@H](n2ccc(=O)[nH]c2=O)O[C@@](COP2(=O)OCC[C@@H](c3cccc(Cl)c3)O2)(N=[N+]=[N-])[C@H]1OC(=O)OC(C)C. The van der Waals surface area contributed by atoms with Crippen molar-refractivity contribution in [3.63, 3.8) is 0 Å². The average molecular weight is 688 g/mol. The smallest absolute Gasteiger partial charge is 0.432 e. The molecule has 2 aromatic rings. The Morgan fingerprint density at radius 3 is 2.50 bits per heavy atom. The Kier molecular flexibility index (Phi) is 11.2. The molecule has 2 fully saturated rings. The van der Waals surface area contributed by atoms with Crippen molar-refractivity contribution in [2.24, 2.45) is 5.11 Å². The number of halogens is 1. The van der Waals surface area contributed by atoms with Gasteiger partial charge in [0.1, 0.15) is 0 Å². The van der Waals surface area contributed by atoms with Gasteiger partial charge in [-0.1, -0.05) is 28.8 Å². The molecule has 4 rings (SSSR count). The minimum Gasteiger partial charge on any atom is -0.432 e. The van der Waals surface area contributed by atoms with Crippen LogP contribution in [0.4, 0.5) is 9.59 Å². The number of nitrogens with one attached hydrogen (secondary N) is 1. The third-order valence-electron chi connectivity index (χ3n) is 6.34. The second-order valence-electron chi connectivity index (χ2n) is 10.5. The van der Waals surface area contributed by atoms with E-state index in [1.54, 1.807) is 24.3 Å². The molecule has 2 aliphatic rings. The fourth-order valence-electron chi connectivity index (χ4n) is 4.51. The summed E-state index contributed by atoms with van der Waals surface area (Å²) < 4.78 is 58.1. The molecule has 0 saturated carbocycles. The number of hydrogen-bond acceptors (Lipinski definition) is 14. The van der Waals surface area contributed by atoms with E-state index in [1.165, 1.54) is 27.7 Å². The largest absolute Gasteiger partial charge is 0.509 e. The summed E-state index contributed by atoms with van der Waals surface area (Å²) in [4.78, 5) is 54.9. The van der Waals surface area contributed by atoms with Crippen LogP contribution in [0.15, 0.2) is 51.2 Å². The van der Waals surface area contributed by atoms with Crippen LogP contribution in [0.25, 0.3) is 10.4 Å². The van der Waals surface area contributed by atoms with Crippen molar-refractivity contribution in [1.29, 1.82) is 0 Å². The lowest BCUT2D eigenvalue weighted by molar-refractivity contribution is -0.132. The fraction of sp³-hybridized carbons (Fsp3) is 0.538. The van der Waals surface area contributed by atoms with E-state index < -0.39 is 80.5 Å². The molecule has 2 saturated heterocycles. The number of hydrogen-bond donors (Lipinski definition) is 1. The number of aromatic amines is 1. The lowest BCUT2D eigenvalue weighted by Gasteiger charge is -2.33. The van der Waals surface area contributed by atoms with Crippen LogP contribution in [0.5, 0.6) is 0 Å². The first kappa shape index (κ1) is 35.0. The molecule has 2 aliphatic heterocycles. The normalized spacial score (nSPS) is 27.5. The van der Waals surface area contributed by atoms with Gasteiger partial charge >= 0.3 is 25.8 Å². The summed E-state index contributed by atoms with van der Waals surface area (Å²) in [6, 6.07) is 7.58. The maximum atomic E-state index is 13.7. The number of benzene rings is 1. The number of H-pyrrole nitrogens is 1. The van der Waals surface area contributed by atoms with Crippen LogP contribution in [-0.4, -0.2) is 65.2 Å². The van der Waals surface area contributed by atoms with Crippen molar-refractivity contribution >= 4 is 31.7 Å². The first-order chi connectivity index (χ1) is 21.7. The van der Waals surface area contributed by atoms with Crippen LogP contribution < -0.4 is 11.2 Å². The first-order valence-corrected chi connectivity index (χ1v) is 15.7. The van der Waals surface area contributed by atoms with Crippen molar-refractivity contribution in [2.45, 2.75) is 76.6 Å². The molecule has 1 N–H and O–H groups in total. The molecule has 1 aromatic heterocycles. The molecular weight excluding hydrogens is 657 g/mol. The highest BCUT2D eigenvalue weighted by molar-refractivity contribution is 7.48. The molecule has 20 heteroatoms. The van der Waals surface area contributed by atoms with Gasteiger partial charge in [0.15, 0.2) is 18.4 Å². The zero-order valence-corrected chi connectivity index (χ0v) is 26.6. The molecule has 0 spiro atoms. The number of nitrogens with zero attached hydrogens (tertiary/aromatic N) is 4. The molecule has 0 aliphatic carbocycles. The van der Waals surface area contributed by atoms with E-state index in [0.717, 1.165) is 16.8 Å². The van der Waals surface area contributed by atoms with E-state index in [1.807, 2.05) is 4.98 Å². The standard InChI is InChI=1S/C26H31ClN5O13P/c1-14(2)40-24(35)42-20-21(43-25(36)41-15(3)4)26(30-31-28,44-22(20)32-10-8-19(33)29-23(32)34)13-39-46(37)38-11-9-18(45-46)16-6-5-7-17(27)12-16/h5-8,10,12,14-15,18,20-22H,9,11,13H2,1-4H3,(H,29,33,34)/t18-,20+,21-,22+,26+,46?/m0/s1. The van der Waals surface area contributed by atoms with Crippen LogP contribution >= 0.6 is 19.4 Å². The van der Waals surface area contributed by atoms with Gasteiger partial charge in [0.25, 0.3) is 5.56 Å². The average Bonchev–Trinajstić information content (AvgIpc) is 3.23. The van der Waals surface area contributed by atoms with Gasteiger partial charge in [-0.2, -0.15) is 0 Å². The maximum absolute atomic E-state index is 13.7. The van der Waals surface area contributed by atoms with Gasteiger partial charge in [-0.15, -0.1) is 0 Å². The molecule has 0 bridgehead atoms. The quantitative estimate of drug-likeness (QED) is 0.115. The lowest BCUT2D eigenvalue weighted by Crippen LogP contribution is -2.49. The van der Waals surface area contributed by atoms with Gasteiger partial charge in [0, 0.05) is 28.6 Å². The van der Waals surface area contributed by atoms with Gasteiger partial charge < -0.3 is 23.7 Å². The zero-order chi connectivity index (χ0) is 33.6. The van der Waals surface area contributed by atoms with Crippen LogP contribution in [0.3, 0.4) is 0 Å². The van der Waals surface area contributed by atoms with Gasteiger partial charge in [0.2, 0.25) is 5.72 Å². The number of phosphoric acid groups is 1. The van der Waals surface area contributed by atoms with E-state index in [4.69, 9.17) is 48.9 Å². The van der Waals surface area contributed by atoms with Crippen molar-refractivity contribution in [3.05, 3.63) is 78.4 Å². The Labute approximate surface area is 266 Å². The summed E-state index contributed by atoms with van der Waals surface area (Å²) >= 11 is 6.10. The molecule has 6 atom stereocenters. The molecule has 18 nitrogen and oxygen atoms in total. The Morgan fingerprint density at radius 2 is 1.87 bits per heavy atom. The number of carbonyl (C=O) groups excluding carboxylic acids is 2. The van der Waals surface area contributed by atoms with Crippen molar-refractivity contribution in [3.8, 4) is 0 Å². The van der Waals surface area contributed by atoms with Crippen molar-refractivity contribution in [2.75, 3.05) is 13.2 Å². The topological polar surface area (TPSA) is 229 Å². The van der Waals surface area contributed by atoms with Crippen LogP contribution in [0.2, 0.25) is 5.02 Å². The summed E-state index contributed by atoms with van der Waals surface area (Å²) in [6.07, 6.45) is -8.95. The van der Waals surface area contributed by atoms with Crippen LogP contribution in [0.1, 0.15) is 52.0 Å². The second-order valence-corrected chi connectivity index (χ2v) is 12.6. The minimum atomic E-state index is -4.45. The molecule has 250 valence electrons. The molecule has 1 unspecified atom stereocenters.